The zero-order chi connectivity index (χ0) is 7.78. The summed E-state index contributed by atoms with van der Waals surface area (Å²) in [6, 6.07) is 0. The third kappa shape index (κ3) is 1.56. The maximum atomic E-state index is 11.1. The van der Waals surface area contributed by atoms with Crippen LogP contribution in [0.15, 0.2) is 0 Å². The van der Waals surface area contributed by atoms with Gasteiger partial charge in [0.2, 0.25) is 0 Å². The van der Waals surface area contributed by atoms with Crippen LogP contribution in [0.2, 0.25) is 0 Å². The van der Waals surface area contributed by atoms with Gasteiger partial charge in [-0.05, 0) is 20.3 Å². The second kappa shape index (κ2) is 2.60. The summed E-state index contributed by atoms with van der Waals surface area (Å²) >= 11 is 0. The highest BCUT2D eigenvalue weighted by atomic mass is 32.2. The number of hydrogen-bond acceptors (Lipinski definition) is 2. The third-order valence-corrected chi connectivity index (χ3v) is 3.52. The maximum absolute atomic E-state index is 11.1. The summed E-state index contributed by atoms with van der Waals surface area (Å²) in [6.45, 7) is 4.15. The lowest BCUT2D eigenvalue weighted by Gasteiger charge is -2.22. The summed E-state index contributed by atoms with van der Waals surface area (Å²) in [4.78, 5) is 0. The van der Waals surface area contributed by atoms with E-state index in [9.17, 15) is 9.32 Å². The topological polar surface area (TPSA) is 49.3 Å². The molecule has 0 aromatic carbocycles. The summed E-state index contributed by atoms with van der Waals surface area (Å²) in [6.07, 6.45) is 0.802. The lowest BCUT2D eigenvalue weighted by Crippen LogP contribution is -2.37. The summed E-state index contributed by atoms with van der Waals surface area (Å²) in [5.41, 5.74) is -0.811. The van der Waals surface area contributed by atoms with E-state index < -0.39 is 16.6 Å². The first-order chi connectivity index (χ1) is 4.52. The number of rotatable bonds is 1. The molecule has 0 radical (unpaired) electrons. The molecule has 1 rings (SSSR count). The highest BCUT2D eigenvalue weighted by Gasteiger charge is 2.35. The molecule has 10 heavy (non-hydrogen) atoms. The Morgan fingerprint density at radius 3 is 2.50 bits per heavy atom. The third-order valence-electron chi connectivity index (χ3n) is 1.70. The molecule has 1 saturated heterocycles. The Balaban J connectivity index is 2.64. The fourth-order valence-corrected chi connectivity index (χ4v) is 2.49. The first-order valence-corrected chi connectivity index (χ1v) is 4.59. The van der Waals surface area contributed by atoms with Gasteiger partial charge in [0.15, 0.2) is 0 Å². The van der Waals surface area contributed by atoms with E-state index in [1.807, 2.05) is 0 Å². The average Bonchev–Trinajstić information content (AvgIpc) is 2.11. The van der Waals surface area contributed by atoms with Crippen LogP contribution in [0.5, 0.6) is 0 Å². The first kappa shape index (κ1) is 8.17. The summed E-state index contributed by atoms with van der Waals surface area (Å²) < 4.78 is 13.8. The van der Waals surface area contributed by atoms with E-state index in [0.717, 1.165) is 13.0 Å². The van der Waals surface area contributed by atoms with Gasteiger partial charge in [-0.1, -0.05) is 0 Å². The van der Waals surface area contributed by atoms with Crippen molar-refractivity contribution in [2.75, 3.05) is 6.54 Å². The standard InChI is InChI=1S/C6H13NO2S/c1-6(2,8)5-3-4-7-10(5)9/h5,7-8H,3-4H2,1-2H3/t5-,10-/m0/s1. The van der Waals surface area contributed by atoms with Crippen LogP contribution < -0.4 is 4.72 Å². The van der Waals surface area contributed by atoms with Gasteiger partial charge >= 0.3 is 0 Å². The van der Waals surface area contributed by atoms with Crippen LogP contribution in [-0.2, 0) is 11.0 Å². The van der Waals surface area contributed by atoms with E-state index in [0.29, 0.717) is 0 Å². The highest BCUT2D eigenvalue weighted by Crippen LogP contribution is 2.20. The molecule has 0 bridgehead atoms. The molecule has 2 N–H and O–H groups in total. The van der Waals surface area contributed by atoms with Gasteiger partial charge in [-0.15, -0.1) is 0 Å². The van der Waals surface area contributed by atoms with E-state index in [1.165, 1.54) is 0 Å². The lowest BCUT2D eigenvalue weighted by molar-refractivity contribution is 0.0766. The van der Waals surface area contributed by atoms with E-state index in [4.69, 9.17) is 0 Å². The maximum Gasteiger partial charge on any atom is 0.0976 e. The summed E-state index contributed by atoms with van der Waals surface area (Å²) in [5.74, 6) is 0. The Morgan fingerprint density at radius 1 is 1.70 bits per heavy atom. The van der Waals surface area contributed by atoms with Crippen LogP contribution in [0.1, 0.15) is 20.3 Å². The van der Waals surface area contributed by atoms with Crippen LogP contribution >= 0.6 is 0 Å². The van der Waals surface area contributed by atoms with Gasteiger partial charge in [-0.2, -0.15) is 0 Å². The molecule has 3 nitrogen and oxygen atoms in total. The molecule has 1 aliphatic heterocycles. The van der Waals surface area contributed by atoms with Gasteiger partial charge in [-0.3, -0.25) is 0 Å². The molecule has 1 fully saturated rings. The van der Waals surface area contributed by atoms with E-state index in [-0.39, 0.29) is 5.25 Å². The Bertz CT molecular complexity index is 152. The van der Waals surface area contributed by atoms with Gasteiger partial charge in [0.05, 0.1) is 21.8 Å². The second-order valence-electron chi connectivity index (χ2n) is 3.12. The van der Waals surface area contributed by atoms with Gasteiger partial charge in [0.1, 0.15) is 0 Å². The zero-order valence-electron chi connectivity index (χ0n) is 6.26. The molecule has 0 unspecified atom stereocenters. The molecule has 4 heteroatoms. The molecule has 60 valence electrons. The van der Waals surface area contributed by atoms with Crippen molar-refractivity contribution in [1.29, 1.82) is 0 Å². The molecule has 0 amide bonds. The fourth-order valence-electron chi connectivity index (χ4n) is 1.11. The van der Waals surface area contributed by atoms with E-state index >= 15 is 0 Å². The molecular formula is C6H13NO2S. The SMILES string of the molecule is CC(C)(O)[C@@H]1CCN[S@]1=O. The number of aliphatic hydroxyl groups is 1. The van der Waals surface area contributed by atoms with E-state index in [2.05, 4.69) is 4.72 Å². The average molecular weight is 163 g/mol. The molecule has 0 aliphatic carbocycles. The quantitative estimate of drug-likeness (QED) is 0.561. The summed E-state index contributed by atoms with van der Waals surface area (Å²) in [5, 5.41) is 9.35. The predicted molar refractivity (Wildman–Crippen MR) is 40.8 cm³/mol. The Kier molecular flexibility index (Phi) is 2.12. The minimum absolute atomic E-state index is 0.104. The molecule has 0 saturated carbocycles. The van der Waals surface area contributed by atoms with Crippen molar-refractivity contribution in [2.24, 2.45) is 0 Å². The van der Waals surface area contributed by atoms with Crippen LogP contribution in [0.25, 0.3) is 0 Å². The minimum Gasteiger partial charge on any atom is -0.389 e. The van der Waals surface area contributed by atoms with Crippen molar-refractivity contribution in [3.05, 3.63) is 0 Å². The van der Waals surface area contributed by atoms with Crippen LogP contribution in [0.4, 0.5) is 0 Å². The largest absolute Gasteiger partial charge is 0.389 e. The Morgan fingerprint density at radius 2 is 2.30 bits per heavy atom. The van der Waals surface area contributed by atoms with Crippen molar-refractivity contribution >= 4 is 11.0 Å². The van der Waals surface area contributed by atoms with Gasteiger partial charge in [-0.25, -0.2) is 8.93 Å². The van der Waals surface area contributed by atoms with Gasteiger partial charge in [0, 0.05) is 6.54 Å². The first-order valence-electron chi connectivity index (χ1n) is 3.38. The van der Waals surface area contributed by atoms with Crippen molar-refractivity contribution in [3.63, 3.8) is 0 Å². The van der Waals surface area contributed by atoms with E-state index in [1.54, 1.807) is 13.8 Å². The van der Waals surface area contributed by atoms with Crippen LogP contribution in [-0.4, -0.2) is 26.7 Å². The Labute approximate surface area is 63.4 Å². The minimum atomic E-state index is -1.03. The molecule has 0 aromatic heterocycles. The normalized spacial score (nSPS) is 34.7. The molecule has 0 spiro atoms. The summed E-state index contributed by atoms with van der Waals surface area (Å²) in [7, 11) is -1.03. The molecule has 2 atom stereocenters. The van der Waals surface area contributed by atoms with Gasteiger partial charge < -0.3 is 5.11 Å². The molecule has 1 heterocycles. The number of nitrogens with one attached hydrogen (secondary N) is 1. The monoisotopic (exact) mass is 163 g/mol. The van der Waals surface area contributed by atoms with Crippen molar-refractivity contribution in [1.82, 2.24) is 4.72 Å². The van der Waals surface area contributed by atoms with Crippen LogP contribution in [0.3, 0.4) is 0 Å². The Hall–Kier alpha value is 0.0700. The van der Waals surface area contributed by atoms with Crippen molar-refractivity contribution in [2.45, 2.75) is 31.1 Å². The predicted octanol–water partition coefficient (Wildman–Crippen LogP) is -0.217. The second-order valence-corrected chi connectivity index (χ2v) is 4.58. The van der Waals surface area contributed by atoms with Crippen LogP contribution in [0, 0.1) is 0 Å². The zero-order valence-corrected chi connectivity index (χ0v) is 7.07. The highest BCUT2D eigenvalue weighted by molar-refractivity contribution is 7.84. The smallest absolute Gasteiger partial charge is 0.0976 e. The van der Waals surface area contributed by atoms with Gasteiger partial charge in [0.25, 0.3) is 0 Å². The van der Waals surface area contributed by atoms with Crippen molar-refractivity contribution < 1.29 is 9.32 Å². The molecule has 0 aromatic rings. The lowest BCUT2D eigenvalue weighted by atomic mass is 10.0. The molecular weight excluding hydrogens is 150 g/mol. The fraction of sp³-hybridized carbons (Fsp3) is 1.00. The number of hydrogen-bond donors (Lipinski definition) is 2. The van der Waals surface area contributed by atoms with Crippen molar-refractivity contribution in [3.8, 4) is 0 Å². The molecule has 1 aliphatic rings.